The van der Waals surface area contributed by atoms with E-state index in [9.17, 15) is 0 Å². The van der Waals surface area contributed by atoms with Crippen LogP contribution in [0.5, 0.6) is 0 Å². The van der Waals surface area contributed by atoms with Crippen LogP contribution in [-0.2, 0) is 0 Å². The summed E-state index contributed by atoms with van der Waals surface area (Å²) in [5.41, 5.74) is 10.5. The van der Waals surface area contributed by atoms with Crippen molar-refractivity contribution in [2.45, 2.75) is 20.3 Å². The van der Waals surface area contributed by atoms with Crippen LogP contribution in [0, 0.1) is 6.92 Å². The lowest BCUT2D eigenvalue weighted by Gasteiger charge is -2.12. The second-order valence-electron chi connectivity index (χ2n) is 5.19. The quantitative estimate of drug-likeness (QED) is 0.880. The third-order valence-corrected chi connectivity index (χ3v) is 3.91. The molecule has 5 heteroatoms. The first-order valence-corrected chi connectivity index (χ1v) is 7.66. The summed E-state index contributed by atoms with van der Waals surface area (Å²) in [5.74, 6) is 1.05. The topological polar surface area (TPSA) is 63.6 Å². The smallest absolute Gasteiger partial charge is 0.158 e. The van der Waals surface area contributed by atoms with Crippen molar-refractivity contribution in [3.63, 3.8) is 0 Å². The van der Waals surface area contributed by atoms with E-state index in [1.807, 2.05) is 37.3 Å². The van der Waals surface area contributed by atoms with E-state index in [2.05, 4.69) is 21.9 Å². The minimum absolute atomic E-state index is 0.377. The number of rotatable bonds is 3. The summed E-state index contributed by atoms with van der Waals surface area (Å²) in [5, 5.41) is 0.377. The van der Waals surface area contributed by atoms with Gasteiger partial charge in [0.25, 0.3) is 0 Å². The predicted octanol–water partition coefficient (Wildman–Crippen LogP) is 3.59. The molecule has 0 unspecified atom stereocenters. The van der Waals surface area contributed by atoms with Gasteiger partial charge in [-0.3, -0.25) is 4.99 Å². The van der Waals surface area contributed by atoms with Crippen LogP contribution in [0.4, 0.5) is 0 Å². The van der Waals surface area contributed by atoms with Crippen LogP contribution in [0.15, 0.2) is 40.3 Å². The number of aliphatic imine (C=N–C) groups is 2. The Balaban J connectivity index is 2.23. The van der Waals surface area contributed by atoms with E-state index in [1.54, 1.807) is 0 Å². The van der Waals surface area contributed by atoms with Gasteiger partial charge in [0, 0.05) is 17.7 Å². The molecule has 0 saturated heterocycles. The van der Waals surface area contributed by atoms with E-state index < -0.39 is 0 Å². The van der Waals surface area contributed by atoms with Gasteiger partial charge in [-0.25, -0.2) is 9.98 Å². The Labute approximate surface area is 134 Å². The molecule has 0 saturated carbocycles. The largest absolute Gasteiger partial charge is 0.383 e. The Hall–Kier alpha value is -2.20. The second kappa shape index (κ2) is 5.89. The molecule has 0 aliphatic carbocycles. The molecule has 0 fully saturated rings. The lowest BCUT2D eigenvalue weighted by molar-refractivity contribution is 0.930. The van der Waals surface area contributed by atoms with Crippen molar-refractivity contribution < 1.29 is 0 Å². The maximum Gasteiger partial charge on any atom is 0.158 e. The maximum absolute atomic E-state index is 6.36. The van der Waals surface area contributed by atoms with Crippen molar-refractivity contribution >= 4 is 23.3 Å². The molecule has 2 heterocycles. The number of nitrogens with two attached hydrogens (primary N) is 1. The number of amidine groups is 2. The maximum atomic E-state index is 6.36. The van der Waals surface area contributed by atoms with E-state index in [4.69, 9.17) is 17.3 Å². The molecular formula is C17H17ClN4. The fraction of sp³-hybridized carbons (Fsp3) is 0.235. The highest BCUT2D eigenvalue weighted by Gasteiger charge is 2.27. The molecule has 4 nitrogen and oxygen atoms in total. The number of fused-ring (bicyclic) bond motifs is 1. The van der Waals surface area contributed by atoms with E-state index in [0.29, 0.717) is 28.9 Å². The lowest BCUT2D eigenvalue weighted by atomic mass is 9.98. The number of hydrogen-bond acceptors (Lipinski definition) is 3. The minimum Gasteiger partial charge on any atom is -0.383 e. The van der Waals surface area contributed by atoms with Gasteiger partial charge >= 0.3 is 0 Å². The number of nitrogens with zero attached hydrogens (tertiary/aromatic N) is 3. The normalized spacial score (nSPS) is 15.0. The first kappa shape index (κ1) is 14.7. The molecule has 2 aromatic rings. The summed E-state index contributed by atoms with van der Waals surface area (Å²) >= 11 is 6.36. The lowest BCUT2D eigenvalue weighted by Crippen LogP contribution is -2.13. The molecule has 0 radical (unpaired) electrons. The summed E-state index contributed by atoms with van der Waals surface area (Å²) in [7, 11) is 0. The Morgan fingerprint density at radius 1 is 1.18 bits per heavy atom. The molecule has 0 bridgehead atoms. The van der Waals surface area contributed by atoms with Gasteiger partial charge < -0.3 is 5.73 Å². The Kier molecular flexibility index (Phi) is 3.94. The van der Waals surface area contributed by atoms with Gasteiger partial charge in [-0.2, -0.15) is 0 Å². The van der Waals surface area contributed by atoms with Crippen molar-refractivity contribution in [2.24, 2.45) is 15.7 Å². The van der Waals surface area contributed by atoms with Gasteiger partial charge in [0.15, 0.2) is 5.84 Å². The minimum atomic E-state index is 0.377. The third kappa shape index (κ3) is 2.40. The zero-order chi connectivity index (χ0) is 15.7. The van der Waals surface area contributed by atoms with E-state index in [1.165, 1.54) is 0 Å². The van der Waals surface area contributed by atoms with Gasteiger partial charge in [-0.1, -0.05) is 48.9 Å². The van der Waals surface area contributed by atoms with Crippen molar-refractivity contribution in [3.8, 4) is 11.3 Å². The fourth-order valence-electron chi connectivity index (χ4n) is 2.60. The molecule has 112 valence electrons. The molecular weight excluding hydrogens is 296 g/mol. The predicted molar refractivity (Wildman–Crippen MR) is 91.8 cm³/mol. The molecule has 0 amide bonds. The summed E-state index contributed by atoms with van der Waals surface area (Å²) in [4.78, 5) is 13.4. The Morgan fingerprint density at radius 2 is 1.91 bits per heavy atom. The van der Waals surface area contributed by atoms with Gasteiger partial charge in [0.05, 0.1) is 11.3 Å². The molecule has 0 spiro atoms. The summed E-state index contributed by atoms with van der Waals surface area (Å²) in [6.07, 6.45) is 0.956. The number of aromatic nitrogens is 1. The molecule has 0 atom stereocenters. The monoisotopic (exact) mass is 312 g/mol. The zero-order valence-electron chi connectivity index (χ0n) is 12.6. The Bertz CT molecular complexity index is 779. The first-order chi connectivity index (χ1) is 10.6. The van der Waals surface area contributed by atoms with Gasteiger partial charge in [0.1, 0.15) is 11.0 Å². The van der Waals surface area contributed by atoms with Crippen molar-refractivity contribution in [2.75, 3.05) is 6.54 Å². The standard InChI is InChI=1S/C17H17ClN4/c1-3-9-20-17-12-10(2)14(11-7-5-4-6-8-11)21-15(18)13(12)16(19)22-17/h4-8H,3,9H2,1-2H3,(H2,19,20,22). The summed E-state index contributed by atoms with van der Waals surface area (Å²) < 4.78 is 0. The molecule has 1 aliphatic heterocycles. The zero-order valence-corrected chi connectivity index (χ0v) is 13.4. The average molecular weight is 313 g/mol. The van der Waals surface area contributed by atoms with E-state index in [-0.39, 0.29) is 0 Å². The van der Waals surface area contributed by atoms with Gasteiger partial charge in [-0.15, -0.1) is 0 Å². The number of hydrogen-bond donors (Lipinski definition) is 1. The van der Waals surface area contributed by atoms with E-state index >= 15 is 0 Å². The third-order valence-electron chi connectivity index (χ3n) is 3.63. The van der Waals surface area contributed by atoms with Gasteiger partial charge in [0.2, 0.25) is 0 Å². The average Bonchev–Trinajstić information content (AvgIpc) is 2.87. The molecule has 2 N–H and O–H groups in total. The van der Waals surface area contributed by atoms with Crippen molar-refractivity contribution in [1.82, 2.24) is 4.98 Å². The molecule has 3 rings (SSSR count). The number of benzene rings is 1. The van der Waals surface area contributed by atoms with Crippen LogP contribution in [0.25, 0.3) is 11.3 Å². The van der Waals surface area contributed by atoms with Crippen LogP contribution in [0.3, 0.4) is 0 Å². The van der Waals surface area contributed by atoms with Crippen LogP contribution >= 0.6 is 11.6 Å². The van der Waals surface area contributed by atoms with E-state index in [0.717, 1.165) is 28.8 Å². The summed E-state index contributed by atoms with van der Waals surface area (Å²) in [6.45, 7) is 4.81. The first-order valence-electron chi connectivity index (χ1n) is 7.28. The van der Waals surface area contributed by atoms with Crippen molar-refractivity contribution in [1.29, 1.82) is 0 Å². The fourth-order valence-corrected chi connectivity index (χ4v) is 2.87. The number of halogens is 1. The SMILES string of the molecule is CCCN=C1N=C(N)c2c(Cl)nc(-c3ccccc3)c(C)c21. The highest BCUT2D eigenvalue weighted by molar-refractivity contribution is 6.36. The van der Waals surface area contributed by atoms with Crippen LogP contribution in [-0.4, -0.2) is 23.2 Å². The second-order valence-corrected chi connectivity index (χ2v) is 5.55. The van der Waals surface area contributed by atoms with Crippen LogP contribution in [0.1, 0.15) is 30.0 Å². The van der Waals surface area contributed by atoms with Crippen molar-refractivity contribution in [3.05, 3.63) is 52.2 Å². The molecule has 1 aliphatic rings. The molecule has 1 aromatic carbocycles. The molecule has 1 aromatic heterocycles. The Morgan fingerprint density at radius 3 is 2.59 bits per heavy atom. The highest BCUT2D eigenvalue weighted by atomic mass is 35.5. The number of pyridine rings is 1. The molecule has 22 heavy (non-hydrogen) atoms. The van der Waals surface area contributed by atoms with Crippen LogP contribution in [0.2, 0.25) is 5.15 Å². The summed E-state index contributed by atoms with van der Waals surface area (Å²) in [6, 6.07) is 9.96. The highest BCUT2D eigenvalue weighted by Crippen LogP contribution is 2.33. The van der Waals surface area contributed by atoms with Gasteiger partial charge in [-0.05, 0) is 18.9 Å². The van der Waals surface area contributed by atoms with Crippen LogP contribution < -0.4 is 5.73 Å².